The Morgan fingerprint density at radius 2 is 2.31 bits per heavy atom. The van der Waals surface area contributed by atoms with Gasteiger partial charge in [0.25, 0.3) is 0 Å². The van der Waals surface area contributed by atoms with Crippen molar-refractivity contribution in [3.05, 3.63) is 0 Å². The summed E-state index contributed by atoms with van der Waals surface area (Å²) in [6, 6.07) is -0.389. The monoisotopic (exact) mass is 212 g/mol. The Balaban J connectivity index is 0.00000144. The minimum atomic E-state index is -0.396. The van der Waals surface area contributed by atoms with E-state index in [2.05, 4.69) is 0 Å². The number of rotatable bonds is 3. The van der Waals surface area contributed by atoms with Gasteiger partial charge in [-0.1, -0.05) is 6.92 Å². The Hall–Kier alpha value is 0.200. The first-order valence-electron chi connectivity index (χ1n) is 4.25. The first-order chi connectivity index (χ1) is 5.66. The molecule has 1 atom stereocenters. The number of hydrogen-bond donors (Lipinski definition) is 1. The molecule has 4 nitrogen and oxygen atoms in total. The normalized spacial score (nSPS) is 18.2. The molecule has 0 aromatic rings. The third kappa shape index (κ3) is 3.11. The molecular weight excluding hydrogens is 196 g/mol. The molecular formula is C8H16CaN2O2. The Morgan fingerprint density at radius 1 is 1.69 bits per heavy atom. The first-order valence-corrected chi connectivity index (χ1v) is 4.25. The molecule has 0 radical (unpaired) electrons. The van der Waals surface area contributed by atoms with Crippen molar-refractivity contribution < 1.29 is 9.59 Å². The molecule has 0 bridgehead atoms. The number of amides is 2. The van der Waals surface area contributed by atoms with Crippen molar-refractivity contribution in [3.8, 4) is 0 Å². The number of carbonyl (C=O) groups is 2. The van der Waals surface area contributed by atoms with Gasteiger partial charge in [0.15, 0.2) is 0 Å². The van der Waals surface area contributed by atoms with Crippen LogP contribution in [0.3, 0.4) is 0 Å². The van der Waals surface area contributed by atoms with E-state index in [1.165, 1.54) is 0 Å². The topological polar surface area (TPSA) is 63.4 Å². The van der Waals surface area contributed by atoms with Crippen LogP contribution in [0.25, 0.3) is 0 Å². The molecule has 1 aliphatic rings. The minimum absolute atomic E-state index is 0. The summed E-state index contributed by atoms with van der Waals surface area (Å²) >= 11 is 0. The van der Waals surface area contributed by atoms with Crippen LogP contribution >= 0.6 is 0 Å². The molecule has 5 heteroatoms. The molecule has 1 fully saturated rings. The predicted molar refractivity (Wildman–Crippen MR) is 52.8 cm³/mol. The van der Waals surface area contributed by atoms with E-state index in [-0.39, 0.29) is 49.7 Å². The summed E-state index contributed by atoms with van der Waals surface area (Å²) in [7, 11) is 0. The summed E-state index contributed by atoms with van der Waals surface area (Å²) in [6.45, 7) is 2.54. The van der Waals surface area contributed by atoms with Crippen molar-refractivity contribution in [1.29, 1.82) is 0 Å². The van der Waals surface area contributed by atoms with Crippen LogP contribution in [0.2, 0.25) is 0 Å². The molecule has 13 heavy (non-hydrogen) atoms. The SMILES string of the molecule is CC[C@@H](C(N)=O)N1CCCC1=O.[CaH2]. The van der Waals surface area contributed by atoms with Crippen molar-refractivity contribution in [1.82, 2.24) is 4.90 Å². The van der Waals surface area contributed by atoms with Gasteiger partial charge in [0.1, 0.15) is 6.04 Å². The summed E-state index contributed by atoms with van der Waals surface area (Å²) in [4.78, 5) is 23.7. The fraction of sp³-hybridized carbons (Fsp3) is 0.750. The van der Waals surface area contributed by atoms with E-state index in [4.69, 9.17) is 5.73 Å². The van der Waals surface area contributed by atoms with E-state index in [1.807, 2.05) is 6.92 Å². The molecule has 1 saturated heterocycles. The quantitative estimate of drug-likeness (QED) is 0.607. The van der Waals surface area contributed by atoms with Crippen molar-refractivity contribution in [2.24, 2.45) is 5.73 Å². The van der Waals surface area contributed by atoms with Gasteiger partial charge in [-0.05, 0) is 12.8 Å². The Bertz CT molecular complexity index is 208. The molecule has 0 aromatic carbocycles. The number of nitrogens with two attached hydrogens (primary N) is 1. The molecule has 1 rings (SSSR count). The predicted octanol–water partition coefficient (Wildman–Crippen LogP) is -1.04. The summed E-state index contributed by atoms with van der Waals surface area (Å²) in [5.41, 5.74) is 5.16. The molecule has 0 saturated carbocycles. The number of nitrogens with zero attached hydrogens (tertiary/aromatic N) is 1. The summed E-state index contributed by atoms with van der Waals surface area (Å²) in [6.07, 6.45) is 2.02. The average molecular weight is 212 g/mol. The maximum absolute atomic E-state index is 11.2. The zero-order chi connectivity index (χ0) is 9.14. The third-order valence-electron chi connectivity index (χ3n) is 2.20. The molecule has 1 heterocycles. The fourth-order valence-corrected chi connectivity index (χ4v) is 1.57. The number of primary amides is 1. The fourth-order valence-electron chi connectivity index (χ4n) is 1.57. The van der Waals surface area contributed by atoms with Crippen LogP contribution < -0.4 is 5.73 Å². The van der Waals surface area contributed by atoms with Gasteiger partial charge >= 0.3 is 37.7 Å². The van der Waals surface area contributed by atoms with Gasteiger partial charge in [0.05, 0.1) is 0 Å². The second-order valence-corrected chi connectivity index (χ2v) is 3.02. The number of carbonyl (C=O) groups excluding carboxylic acids is 2. The molecule has 0 spiro atoms. The zero-order valence-electron chi connectivity index (χ0n) is 7.25. The summed E-state index contributed by atoms with van der Waals surface area (Å²) < 4.78 is 0. The molecule has 0 aromatic heterocycles. The van der Waals surface area contributed by atoms with Gasteiger partial charge in [-0.2, -0.15) is 0 Å². The number of hydrogen-bond acceptors (Lipinski definition) is 2. The standard InChI is InChI=1S/C8H14N2O2.Ca.2H/c1-2-6(8(9)12)10-5-3-4-7(10)11;;;/h6H,2-5H2,1H3,(H2,9,12);;;/t6-;;;/m0.../s1. The molecule has 0 aliphatic carbocycles. The second kappa shape index (κ2) is 5.83. The van der Waals surface area contributed by atoms with Gasteiger partial charge in [0.2, 0.25) is 11.8 Å². The Kier molecular flexibility index (Phi) is 5.92. The van der Waals surface area contributed by atoms with E-state index >= 15 is 0 Å². The molecule has 72 valence electrons. The average Bonchev–Trinajstić information content (AvgIpc) is 2.38. The van der Waals surface area contributed by atoms with Crippen molar-refractivity contribution in [3.63, 3.8) is 0 Å². The van der Waals surface area contributed by atoms with E-state index in [9.17, 15) is 9.59 Å². The van der Waals surface area contributed by atoms with Crippen molar-refractivity contribution in [2.75, 3.05) is 6.54 Å². The van der Waals surface area contributed by atoms with Crippen molar-refractivity contribution >= 4 is 49.6 Å². The van der Waals surface area contributed by atoms with Crippen LogP contribution in [0.15, 0.2) is 0 Å². The van der Waals surface area contributed by atoms with E-state index < -0.39 is 5.91 Å². The summed E-state index contributed by atoms with van der Waals surface area (Å²) in [5.74, 6) is -0.339. The van der Waals surface area contributed by atoms with Gasteiger partial charge in [0, 0.05) is 13.0 Å². The van der Waals surface area contributed by atoms with E-state index in [0.29, 0.717) is 19.4 Å². The van der Waals surface area contributed by atoms with Crippen molar-refractivity contribution in [2.45, 2.75) is 32.2 Å². The first kappa shape index (κ1) is 13.2. The van der Waals surface area contributed by atoms with Gasteiger partial charge in [-0.15, -0.1) is 0 Å². The molecule has 2 amide bonds. The zero-order valence-corrected chi connectivity index (χ0v) is 7.25. The van der Waals surface area contributed by atoms with E-state index in [1.54, 1.807) is 4.90 Å². The van der Waals surface area contributed by atoms with Crippen LogP contribution in [0.4, 0.5) is 0 Å². The Labute approximate surface area is 108 Å². The third-order valence-corrected chi connectivity index (χ3v) is 2.20. The second-order valence-electron chi connectivity index (χ2n) is 3.02. The van der Waals surface area contributed by atoms with E-state index in [0.717, 1.165) is 6.42 Å². The van der Waals surface area contributed by atoms with Crippen LogP contribution in [0.5, 0.6) is 0 Å². The van der Waals surface area contributed by atoms with Crippen LogP contribution in [0.1, 0.15) is 26.2 Å². The maximum atomic E-state index is 11.2. The van der Waals surface area contributed by atoms with Crippen LogP contribution in [-0.2, 0) is 9.59 Å². The molecule has 2 N–H and O–H groups in total. The van der Waals surface area contributed by atoms with Gasteiger partial charge < -0.3 is 10.6 Å². The van der Waals surface area contributed by atoms with Gasteiger partial charge in [-0.25, -0.2) is 0 Å². The summed E-state index contributed by atoms with van der Waals surface area (Å²) in [5, 5.41) is 0. The van der Waals surface area contributed by atoms with Crippen LogP contribution in [0, 0.1) is 0 Å². The van der Waals surface area contributed by atoms with Gasteiger partial charge in [-0.3, -0.25) is 9.59 Å². The Morgan fingerprint density at radius 3 is 2.62 bits per heavy atom. The van der Waals surface area contributed by atoms with Crippen LogP contribution in [-0.4, -0.2) is 67.0 Å². The molecule has 1 aliphatic heterocycles. The molecule has 0 unspecified atom stereocenters. The number of likely N-dealkylation sites (tertiary alicyclic amines) is 1.